The van der Waals surface area contributed by atoms with E-state index in [0.29, 0.717) is 32.8 Å². The van der Waals surface area contributed by atoms with Crippen LogP contribution in [0.3, 0.4) is 0 Å². The third-order valence-electron chi connectivity index (χ3n) is 6.59. The Hall–Kier alpha value is -2.85. The molecule has 1 aliphatic heterocycles. The van der Waals surface area contributed by atoms with Gasteiger partial charge >= 0.3 is 0 Å². The van der Waals surface area contributed by atoms with Gasteiger partial charge in [-0.1, -0.05) is 18.2 Å². The largest absolute Gasteiger partial charge is 0.490 e. The highest BCUT2D eigenvalue weighted by atomic mass is 16.5. The number of anilines is 1. The second-order valence-electron chi connectivity index (χ2n) is 9.41. The van der Waals surface area contributed by atoms with Crippen LogP contribution in [0, 0.1) is 0 Å². The van der Waals surface area contributed by atoms with Crippen molar-refractivity contribution in [2.24, 2.45) is 11.5 Å². The molecule has 3 aromatic rings. The number of hydrogen-bond donors (Lipinski definition) is 4. The van der Waals surface area contributed by atoms with Crippen LogP contribution in [0.5, 0.6) is 11.5 Å². The first-order chi connectivity index (χ1) is 18.2. The van der Waals surface area contributed by atoms with Gasteiger partial charge in [0, 0.05) is 6.54 Å². The van der Waals surface area contributed by atoms with E-state index in [0.717, 1.165) is 79.0 Å². The Kier molecular flexibility index (Phi) is 10.4. The number of nitrogens with one attached hydrogen (secondary N) is 1. The fraction of sp³-hybridized carbons (Fsp3) is 0.536. The Bertz CT molecular complexity index is 1110. The Labute approximate surface area is 219 Å². The molecule has 0 aliphatic carbocycles. The molecule has 0 saturated carbocycles. The van der Waals surface area contributed by atoms with Crippen molar-refractivity contribution in [3.63, 3.8) is 0 Å². The molecule has 4 rings (SSSR count). The van der Waals surface area contributed by atoms with Crippen molar-refractivity contribution in [2.75, 3.05) is 44.8 Å². The summed E-state index contributed by atoms with van der Waals surface area (Å²) in [7, 11) is 0. The van der Waals surface area contributed by atoms with Crippen LogP contribution >= 0.6 is 0 Å². The van der Waals surface area contributed by atoms with Gasteiger partial charge < -0.3 is 36.1 Å². The third-order valence-corrected chi connectivity index (χ3v) is 6.59. The van der Waals surface area contributed by atoms with Crippen LogP contribution in [0.15, 0.2) is 42.5 Å². The molecule has 1 fully saturated rings. The molecule has 37 heavy (non-hydrogen) atoms. The van der Waals surface area contributed by atoms with Gasteiger partial charge in [0.25, 0.3) is 0 Å². The van der Waals surface area contributed by atoms with Crippen molar-refractivity contribution in [1.82, 2.24) is 9.55 Å². The zero-order chi connectivity index (χ0) is 25.9. The molecule has 2 aromatic carbocycles. The molecule has 2 heterocycles. The van der Waals surface area contributed by atoms with Crippen molar-refractivity contribution in [1.29, 1.82) is 0 Å². The minimum absolute atomic E-state index is 0.0370. The van der Waals surface area contributed by atoms with Gasteiger partial charge in [-0.15, -0.1) is 0 Å². The number of para-hydroxylation sites is 2. The number of nitrogens with two attached hydrogens (primary N) is 2. The molecule has 0 spiro atoms. The molecule has 0 bridgehead atoms. The van der Waals surface area contributed by atoms with E-state index in [2.05, 4.69) is 28.1 Å². The van der Waals surface area contributed by atoms with Crippen molar-refractivity contribution in [3.8, 4) is 11.5 Å². The lowest BCUT2D eigenvalue weighted by Gasteiger charge is -2.18. The molecule has 0 radical (unpaired) electrons. The summed E-state index contributed by atoms with van der Waals surface area (Å²) in [4.78, 5) is 4.82. The lowest BCUT2D eigenvalue weighted by molar-refractivity contribution is -0.0195. The molecular weight excluding hydrogens is 470 g/mol. The maximum Gasteiger partial charge on any atom is 0.206 e. The minimum Gasteiger partial charge on any atom is -0.490 e. The lowest BCUT2D eigenvalue weighted by atomic mass is 10.1. The predicted octanol–water partition coefficient (Wildman–Crippen LogP) is 3.60. The summed E-state index contributed by atoms with van der Waals surface area (Å²) in [6.45, 7) is 3.29. The summed E-state index contributed by atoms with van der Waals surface area (Å²) in [6, 6.07) is 14.2. The third kappa shape index (κ3) is 7.35. The van der Waals surface area contributed by atoms with Crippen LogP contribution in [0.25, 0.3) is 11.0 Å². The molecule has 1 saturated heterocycles. The van der Waals surface area contributed by atoms with Gasteiger partial charge in [-0.05, 0) is 87.9 Å². The molecule has 0 unspecified atom stereocenters. The van der Waals surface area contributed by atoms with Crippen LogP contribution < -0.4 is 26.3 Å². The van der Waals surface area contributed by atoms with Crippen LogP contribution in [-0.2, 0) is 11.2 Å². The topological polar surface area (TPSA) is 130 Å². The molecular formula is C28H41N5O4. The molecule has 9 nitrogen and oxygen atoms in total. The fourth-order valence-corrected chi connectivity index (χ4v) is 4.59. The Morgan fingerprint density at radius 2 is 1.73 bits per heavy atom. The maximum atomic E-state index is 9.53. The van der Waals surface area contributed by atoms with Gasteiger partial charge in [-0.25, -0.2) is 4.98 Å². The van der Waals surface area contributed by atoms with Crippen LogP contribution in [0.4, 0.5) is 5.95 Å². The number of nitrogens with zero attached hydrogens (tertiary/aromatic N) is 2. The first-order valence-electron chi connectivity index (χ1n) is 13.5. The van der Waals surface area contributed by atoms with E-state index in [9.17, 15) is 5.11 Å². The number of unbranched alkanes of at least 4 members (excludes halogenated alkanes) is 2. The normalized spacial score (nSPS) is 17.4. The molecule has 0 amide bonds. The fourth-order valence-electron chi connectivity index (χ4n) is 4.59. The zero-order valence-electron chi connectivity index (χ0n) is 21.6. The van der Waals surface area contributed by atoms with E-state index < -0.39 is 0 Å². The molecule has 2 atom stereocenters. The Balaban J connectivity index is 1.42. The Morgan fingerprint density at radius 3 is 2.46 bits per heavy atom. The van der Waals surface area contributed by atoms with Crippen LogP contribution in [-0.4, -0.2) is 60.2 Å². The van der Waals surface area contributed by atoms with Crippen molar-refractivity contribution in [2.45, 2.75) is 57.3 Å². The molecule has 1 aromatic heterocycles. The number of fused-ring (bicyclic) bond motifs is 1. The summed E-state index contributed by atoms with van der Waals surface area (Å²) >= 11 is 0. The number of hydrogen-bond acceptors (Lipinski definition) is 8. The number of ether oxygens (including phenoxy) is 3. The summed E-state index contributed by atoms with van der Waals surface area (Å²) in [5, 5.41) is 13.0. The quantitative estimate of drug-likeness (QED) is 0.215. The Morgan fingerprint density at radius 1 is 0.973 bits per heavy atom. The predicted molar refractivity (Wildman–Crippen MR) is 146 cm³/mol. The van der Waals surface area contributed by atoms with E-state index in [1.807, 2.05) is 24.3 Å². The van der Waals surface area contributed by atoms with Crippen LogP contribution in [0.2, 0.25) is 0 Å². The molecule has 6 N–H and O–H groups in total. The number of aliphatic hydroxyl groups excluding tert-OH is 1. The van der Waals surface area contributed by atoms with Crippen molar-refractivity contribution < 1.29 is 19.3 Å². The first-order valence-corrected chi connectivity index (χ1v) is 13.5. The highest BCUT2D eigenvalue weighted by molar-refractivity contribution is 5.78. The molecule has 202 valence electrons. The van der Waals surface area contributed by atoms with Gasteiger partial charge in [-0.3, -0.25) is 4.57 Å². The average molecular weight is 512 g/mol. The SMILES string of the molecule is NCCCCOc1ccc(CCNc2nc3ccccc3n2[C@H]2CC[C@@H](CO)O2)cc1OCCCCN. The lowest BCUT2D eigenvalue weighted by Crippen LogP contribution is -2.17. The van der Waals surface area contributed by atoms with Crippen LogP contribution in [0.1, 0.15) is 50.3 Å². The van der Waals surface area contributed by atoms with E-state index in [1.165, 1.54) is 0 Å². The summed E-state index contributed by atoms with van der Waals surface area (Å²) in [6.07, 6.45) is 5.90. The minimum atomic E-state index is -0.142. The number of aliphatic hydroxyl groups is 1. The second-order valence-corrected chi connectivity index (χ2v) is 9.41. The van der Waals surface area contributed by atoms with E-state index in [-0.39, 0.29) is 18.9 Å². The standard InChI is InChI=1S/C28H41N5O4/c29-14-3-5-17-35-25-11-9-21(19-26(25)36-18-6-4-15-30)13-16-31-28-32-23-7-1-2-8-24(23)33(28)27-12-10-22(20-34)37-27/h1-2,7-9,11,19,22,27,34H,3-6,10,12-18,20,29-30H2,(H,31,32)/t22-,27+/m0/s1. The number of benzene rings is 2. The smallest absolute Gasteiger partial charge is 0.206 e. The maximum absolute atomic E-state index is 9.53. The van der Waals surface area contributed by atoms with Gasteiger partial charge in [0.2, 0.25) is 5.95 Å². The monoisotopic (exact) mass is 511 g/mol. The van der Waals surface area contributed by atoms with Gasteiger partial charge in [-0.2, -0.15) is 0 Å². The van der Waals surface area contributed by atoms with E-state index in [1.54, 1.807) is 0 Å². The molecule has 1 aliphatic rings. The van der Waals surface area contributed by atoms with Gasteiger partial charge in [0.05, 0.1) is 37.0 Å². The highest BCUT2D eigenvalue weighted by Gasteiger charge is 2.29. The van der Waals surface area contributed by atoms with E-state index >= 15 is 0 Å². The van der Waals surface area contributed by atoms with Crippen molar-refractivity contribution >= 4 is 17.0 Å². The summed E-state index contributed by atoms with van der Waals surface area (Å²) in [5.74, 6) is 2.31. The van der Waals surface area contributed by atoms with E-state index in [4.69, 9.17) is 30.7 Å². The highest BCUT2D eigenvalue weighted by Crippen LogP contribution is 2.34. The zero-order valence-corrected chi connectivity index (χ0v) is 21.6. The summed E-state index contributed by atoms with van der Waals surface area (Å²) in [5.41, 5.74) is 14.3. The number of aromatic nitrogens is 2. The summed E-state index contributed by atoms with van der Waals surface area (Å²) < 4.78 is 20.3. The van der Waals surface area contributed by atoms with Crippen molar-refractivity contribution in [3.05, 3.63) is 48.0 Å². The molecule has 9 heteroatoms. The number of imidazole rings is 1. The first kappa shape index (κ1) is 27.2. The number of rotatable bonds is 16. The van der Waals surface area contributed by atoms with Gasteiger partial charge in [0.15, 0.2) is 11.5 Å². The second kappa shape index (κ2) is 14.2. The van der Waals surface area contributed by atoms with Gasteiger partial charge in [0.1, 0.15) is 6.23 Å². The average Bonchev–Trinajstić information content (AvgIpc) is 3.54.